The van der Waals surface area contributed by atoms with Gasteiger partial charge in [-0.15, -0.1) is 0 Å². The van der Waals surface area contributed by atoms with Crippen molar-refractivity contribution in [1.82, 2.24) is 9.78 Å². The summed E-state index contributed by atoms with van der Waals surface area (Å²) in [6.45, 7) is 0. The molecule has 1 aromatic heterocycles. The van der Waals surface area contributed by atoms with Crippen LogP contribution in [0, 0.1) is 10.1 Å². The molecule has 2 rings (SSSR count). The van der Waals surface area contributed by atoms with E-state index < -0.39 is 11.0 Å². The Morgan fingerprint density at radius 3 is 3.10 bits per heavy atom. The van der Waals surface area contributed by atoms with Crippen molar-refractivity contribution in [3.05, 3.63) is 38.5 Å². The third kappa shape index (κ3) is 2.79. The van der Waals surface area contributed by atoms with Crippen molar-refractivity contribution in [2.45, 2.75) is 31.4 Å². The lowest BCUT2D eigenvalue weighted by Gasteiger charge is -2.08. The molecule has 106 valence electrons. The van der Waals surface area contributed by atoms with Gasteiger partial charge in [0.05, 0.1) is 11.0 Å². The summed E-state index contributed by atoms with van der Waals surface area (Å²) in [6, 6.07) is -0.309. The zero-order valence-corrected chi connectivity index (χ0v) is 10.9. The van der Waals surface area contributed by atoms with Gasteiger partial charge < -0.3 is 5.11 Å². The van der Waals surface area contributed by atoms with Crippen LogP contribution in [0.15, 0.2) is 17.4 Å². The highest BCUT2D eigenvalue weighted by atomic mass is 16.6. The molecular weight excluding hydrogens is 264 g/mol. The van der Waals surface area contributed by atoms with Crippen LogP contribution in [0.4, 0.5) is 5.69 Å². The average Bonchev–Trinajstić information content (AvgIpc) is 2.67. The molecule has 9 heteroatoms. The zero-order chi connectivity index (χ0) is 14.7. The van der Waals surface area contributed by atoms with Gasteiger partial charge in [-0.2, -0.15) is 5.10 Å². The third-order valence-electron chi connectivity index (χ3n) is 3.29. The monoisotopic (exact) mass is 278 g/mol. The highest BCUT2D eigenvalue weighted by Crippen LogP contribution is 2.32. The number of aliphatic hydroxyl groups is 1. The molecule has 0 aliphatic heterocycles. The minimum absolute atomic E-state index is 0.0896. The fourth-order valence-electron chi connectivity index (χ4n) is 2.41. The maximum Gasteiger partial charge on any atom is 0.314 e. The summed E-state index contributed by atoms with van der Waals surface area (Å²) in [7, 11) is 1.62. The first-order chi connectivity index (χ1) is 9.52. The van der Waals surface area contributed by atoms with Crippen LogP contribution in [0.2, 0.25) is 0 Å². The van der Waals surface area contributed by atoms with Crippen LogP contribution < -0.4 is 0 Å². The fraction of sp³-hybridized carbons (Fsp3) is 0.545. The minimum Gasteiger partial charge on any atom is -0.389 e. The molecule has 20 heavy (non-hydrogen) atoms. The van der Waals surface area contributed by atoms with Gasteiger partial charge in [0.25, 0.3) is 0 Å². The van der Waals surface area contributed by atoms with E-state index in [0.717, 1.165) is 0 Å². The van der Waals surface area contributed by atoms with E-state index in [4.69, 9.17) is 5.53 Å². The van der Waals surface area contributed by atoms with Crippen LogP contribution in [0.1, 0.15) is 25.0 Å². The summed E-state index contributed by atoms with van der Waals surface area (Å²) in [5.74, 6) is 0. The van der Waals surface area contributed by atoms with Crippen LogP contribution in [0.5, 0.6) is 0 Å². The fourth-order valence-corrected chi connectivity index (χ4v) is 2.41. The average molecular weight is 278 g/mol. The van der Waals surface area contributed by atoms with E-state index in [1.807, 2.05) is 0 Å². The van der Waals surface area contributed by atoms with Crippen LogP contribution in [-0.2, 0) is 7.05 Å². The molecule has 0 amide bonds. The van der Waals surface area contributed by atoms with Crippen LogP contribution in [0.25, 0.3) is 16.0 Å². The Bertz CT molecular complexity index is 601. The summed E-state index contributed by atoms with van der Waals surface area (Å²) in [4.78, 5) is 13.3. The summed E-state index contributed by atoms with van der Waals surface area (Å²) >= 11 is 0. The molecule has 2 atom stereocenters. The van der Waals surface area contributed by atoms with Gasteiger partial charge in [-0.3, -0.25) is 14.8 Å². The Hall–Kier alpha value is -2.38. The number of azide groups is 1. The van der Waals surface area contributed by atoms with Gasteiger partial charge in [0.1, 0.15) is 11.9 Å². The normalized spacial score (nSPS) is 22.6. The lowest BCUT2D eigenvalue weighted by molar-refractivity contribution is -0.385. The molecule has 1 aromatic rings. The minimum atomic E-state index is -0.794. The topological polar surface area (TPSA) is 130 Å². The number of aliphatic hydroxyl groups excluding tert-OH is 1. The maximum absolute atomic E-state index is 11.0. The van der Waals surface area contributed by atoms with Crippen molar-refractivity contribution in [1.29, 1.82) is 0 Å². The van der Waals surface area contributed by atoms with Gasteiger partial charge >= 0.3 is 5.69 Å². The van der Waals surface area contributed by atoms with Gasteiger partial charge in [-0.25, -0.2) is 0 Å². The highest BCUT2D eigenvalue weighted by molar-refractivity contribution is 5.70. The molecule has 0 saturated heterocycles. The van der Waals surface area contributed by atoms with E-state index in [-0.39, 0.29) is 11.7 Å². The van der Waals surface area contributed by atoms with Crippen LogP contribution in [0.3, 0.4) is 0 Å². The Kier molecular flexibility index (Phi) is 4.02. The van der Waals surface area contributed by atoms with E-state index in [1.54, 1.807) is 13.1 Å². The standard InChI is InChI=1S/C11H14N6O3/c1-16-11(10(6-13-16)17(19)20)7-2-3-8(14-15-12)5-9(18)4-7/h4,6,8-9,18H,2-3,5H2,1H3. The van der Waals surface area contributed by atoms with Crippen molar-refractivity contribution in [2.75, 3.05) is 0 Å². The Balaban J connectivity index is 2.36. The smallest absolute Gasteiger partial charge is 0.314 e. The first kappa shape index (κ1) is 14.0. The molecule has 0 saturated carbocycles. The summed E-state index contributed by atoms with van der Waals surface area (Å²) < 4.78 is 1.42. The second-order valence-electron chi connectivity index (χ2n) is 4.65. The second kappa shape index (κ2) is 5.72. The summed E-state index contributed by atoms with van der Waals surface area (Å²) in [6.07, 6.45) is 3.32. The number of nitrogens with zero attached hydrogens (tertiary/aromatic N) is 6. The first-order valence-electron chi connectivity index (χ1n) is 6.12. The molecule has 0 fully saturated rings. The van der Waals surface area contributed by atoms with Crippen LogP contribution >= 0.6 is 0 Å². The van der Waals surface area contributed by atoms with Crippen molar-refractivity contribution in [2.24, 2.45) is 12.2 Å². The van der Waals surface area contributed by atoms with Crippen molar-refractivity contribution in [3.8, 4) is 0 Å². The first-order valence-corrected chi connectivity index (χ1v) is 6.12. The molecule has 0 bridgehead atoms. The molecular formula is C11H14N6O3. The van der Waals surface area contributed by atoms with Crippen molar-refractivity contribution < 1.29 is 10.0 Å². The molecule has 1 aliphatic rings. The van der Waals surface area contributed by atoms with Gasteiger partial charge in [0.15, 0.2) is 0 Å². The van der Waals surface area contributed by atoms with E-state index in [2.05, 4.69) is 15.1 Å². The van der Waals surface area contributed by atoms with Gasteiger partial charge in [-0.05, 0) is 30.4 Å². The quantitative estimate of drug-likeness (QED) is 0.297. The predicted octanol–water partition coefficient (Wildman–Crippen LogP) is 1.94. The number of rotatable bonds is 3. The number of nitro groups is 1. The van der Waals surface area contributed by atoms with Gasteiger partial charge in [0, 0.05) is 18.0 Å². The second-order valence-corrected chi connectivity index (χ2v) is 4.65. The summed E-state index contributed by atoms with van der Waals surface area (Å²) in [5, 5.41) is 28.4. The predicted molar refractivity (Wildman–Crippen MR) is 70.6 cm³/mol. The van der Waals surface area contributed by atoms with Crippen molar-refractivity contribution >= 4 is 11.3 Å². The number of allylic oxidation sites excluding steroid dienone is 1. The Morgan fingerprint density at radius 2 is 2.45 bits per heavy atom. The molecule has 1 heterocycles. The maximum atomic E-state index is 11.0. The zero-order valence-electron chi connectivity index (χ0n) is 10.9. The number of aromatic nitrogens is 2. The van der Waals surface area contributed by atoms with E-state index in [0.29, 0.717) is 30.5 Å². The van der Waals surface area contributed by atoms with E-state index in [1.165, 1.54) is 10.9 Å². The van der Waals surface area contributed by atoms with Gasteiger partial charge in [0.2, 0.25) is 0 Å². The SMILES string of the molecule is Cn1ncc([N+](=O)[O-])c1C1=CC(O)CC(N=[N+]=[N-])CC1. The Morgan fingerprint density at radius 1 is 1.70 bits per heavy atom. The molecule has 0 radical (unpaired) electrons. The molecule has 1 N–H and O–H groups in total. The van der Waals surface area contributed by atoms with E-state index in [9.17, 15) is 15.2 Å². The highest BCUT2D eigenvalue weighted by Gasteiger charge is 2.26. The largest absolute Gasteiger partial charge is 0.389 e. The Labute approximate surface area is 114 Å². The number of hydrogen-bond acceptors (Lipinski definition) is 5. The lowest BCUT2D eigenvalue weighted by Crippen LogP contribution is -2.11. The number of aryl methyl sites for hydroxylation is 1. The molecule has 0 aromatic carbocycles. The number of hydrogen-bond donors (Lipinski definition) is 1. The molecule has 9 nitrogen and oxygen atoms in total. The summed E-state index contributed by atoms with van der Waals surface area (Å²) in [5.41, 5.74) is 9.41. The van der Waals surface area contributed by atoms with Gasteiger partial charge in [-0.1, -0.05) is 11.2 Å². The third-order valence-corrected chi connectivity index (χ3v) is 3.29. The van der Waals surface area contributed by atoms with E-state index >= 15 is 0 Å². The molecule has 2 unspecified atom stereocenters. The van der Waals surface area contributed by atoms with Crippen molar-refractivity contribution in [3.63, 3.8) is 0 Å². The molecule has 0 spiro atoms. The lowest BCUT2D eigenvalue weighted by atomic mass is 10.0. The van der Waals surface area contributed by atoms with Crippen LogP contribution in [-0.4, -0.2) is 32.0 Å². The molecule has 1 aliphatic carbocycles.